The lowest BCUT2D eigenvalue weighted by Crippen LogP contribution is -2.10. The molecule has 0 spiro atoms. The molecule has 0 aliphatic rings. The summed E-state index contributed by atoms with van der Waals surface area (Å²) in [5.74, 6) is 0.937. The number of nitrogens with zero attached hydrogens (tertiary/aromatic N) is 3. The number of halogens is 3. The highest BCUT2D eigenvalue weighted by molar-refractivity contribution is 7.98. The number of hydrogen-bond acceptors (Lipinski definition) is 6. The van der Waals surface area contributed by atoms with Crippen LogP contribution in [0.2, 0.25) is 0 Å². The van der Waals surface area contributed by atoms with E-state index in [-0.39, 0.29) is 10.7 Å². The Balaban J connectivity index is 1.84. The van der Waals surface area contributed by atoms with Gasteiger partial charge in [0.15, 0.2) is 10.8 Å². The second-order valence-electron chi connectivity index (χ2n) is 5.01. The molecule has 9 heteroatoms. The van der Waals surface area contributed by atoms with Gasteiger partial charge in [-0.15, -0.1) is 11.3 Å². The first-order chi connectivity index (χ1) is 11.9. The number of rotatable bonds is 4. The number of thiazole rings is 1. The van der Waals surface area contributed by atoms with Gasteiger partial charge < -0.3 is 4.42 Å². The minimum atomic E-state index is -4.60. The summed E-state index contributed by atoms with van der Waals surface area (Å²) < 4.78 is 44.6. The lowest BCUT2D eigenvalue weighted by Gasteiger charge is -2.12. The first-order valence-electron chi connectivity index (χ1n) is 6.98. The van der Waals surface area contributed by atoms with E-state index in [9.17, 15) is 13.2 Å². The molecule has 0 aromatic carbocycles. The van der Waals surface area contributed by atoms with Crippen molar-refractivity contribution >= 4 is 23.1 Å². The number of thioether (sulfide) groups is 1. The minimum absolute atomic E-state index is 0.0578. The average Bonchev–Trinajstić information content (AvgIpc) is 3.22. The smallest absolute Gasteiger partial charge is 0.417 e. The van der Waals surface area contributed by atoms with E-state index in [1.54, 1.807) is 29.8 Å². The van der Waals surface area contributed by atoms with Gasteiger partial charge in [-0.2, -0.15) is 18.4 Å². The predicted molar refractivity (Wildman–Crippen MR) is 88.1 cm³/mol. The number of aromatic nitrogens is 2. The number of alkyl halides is 3. The Kier molecular flexibility index (Phi) is 4.83. The van der Waals surface area contributed by atoms with Crippen molar-refractivity contribution in [3.05, 3.63) is 52.4 Å². The highest BCUT2D eigenvalue weighted by Gasteiger charge is 2.35. The maximum absolute atomic E-state index is 13.1. The molecular formula is C16H10F3N3OS2. The maximum Gasteiger partial charge on any atom is 0.417 e. The Bertz CT molecular complexity index is 927. The van der Waals surface area contributed by atoms with Crippen molar-refractivity contribution in [3.63, 3.8) is 0 Å². The van der Waals surface area contributed by atoms with Crippen LogP contribution in [-0.4, -0.2) is 9.97 Å². The predicted octanol–water partition coefficient (Wildman–Crippen LogP) is 5.29. The third kappa shape index (κ3) is 3.86. The fraction of sp³-hybridized carbons (Fsp3) is 0.188. The summed E-state index contributed by atoms with van der Waals surface area (Å²) >= 11 is 2.44. The van der Waals surface area contributed by atoms with E-state index in [4.69, 9.17) is 9.68 Å². The molecule has 0 radical (unpaired) electrons. The molecule has 3 aromatic heterocycles. The highest BCUT2D eigenvalue weighted by Crippen LogP contribution is 2.37. The van der Waals surface area contributed by atoms with E-state index in [1.165, 1.54) is 18.3 Å². The molecule has 0 N–H and O–H groups in total. The molecule has 0 saturated heterocycles. The summed E-state index contributed by atoms with van der Waals surface area (Å²) in [6.45, 7) is 1.47. The molecule has 128 valence electrons. The van der Waals surface area contributed by atoms with E-state index in [0.717, 1.165) is 17.8 Å². The molecule has 0 aliphatic heterocycles. The number of furan rings is 1. The second-order valence-corrected chi connectivity index (χ2v) is 6.83. The van der Waals surface area contributed by atoms with Crippen molar-refractivity contribution in [1.82, 2.24) is 9.97 Å². The lowest BCUT2D eigenvalue weighted by molar-refractivity contribution is -0.138. The van der Waals surface area contributed by atoms with E-state index in [2.05, 4.69) is 9.97 Å². The summed E-state index contributed by atoms with van der Waals surface area (Å²) in [6, 6.07) is 6.04. The summed E-state index contributed by atoms with van der Waals surface area (Å²) in [6.07, 6.45) is -3.05. The van der Waals surface area contributed by atoms with Gasteiger partial charge in [0.1, 0.15) is 11.1 Å². The van der Waals surface area contributed by atoms with Crippen molar-refractivity contribution in [1.29, 1.82) is 5.26 Å². The van der Waals surface area contributed by atoms with E-state index >= 15 is 0 Å². The van der Waals surface area contributed by atoms with Crippen LogP contribution in [0.15, 0.2) is 39.3 Å². The molecule has 25 heavy (non-hydrogen) atoms. The van der Waals surface area contributed by atoms with Crippen molar-refractivity contribution in [3.8, 4) is 16.8 Å². The van der Waals surface area contributed by atoms with Crippen LogP contribution in [0.4, 0.5) is 13.2 Å². The third-order valence-corrected chi connectivity index (χ3v) is 5.09. The van der Waals surface area contributed by atoms with Crippen molar-refractivity contribution in [2.24, 2.45) is 0 Å². The molecule has 0 amide bonds. The monoisotopic (exact) mass is 381 g/mol. The van der Waals surface area contributed by atoms with Crippen molar-refractivity contribution in [2.75, 3.05) is 0 Å². The van der Waals surface area contributed by atoms with Crippen LogP contribution in [0.3, 0.4) is 0 Å². The fourth-order valence-electron chi connectivity index (χ4n) is 2.11. The van der Waals surface area contributed by atoms with Gasteiger partial charge in [0.25, 0.3) is 0 Å². The SMILES string of the molecule is Cc1cc(C(F)(F)F)c(C#N)c(SCc2csc(-c3ccco3)n2)n1. The van der Waals surface area contributed by atoms with Crippen LogP contribution < -0.4 is 0 Å². The number of aryl methyl sites for hydroxylation is 1. The van der Waals surface area contributed by atoms with Crippen LogP contribution >= 0.6 is 23.1 Å². The molecule has 3 heterocycles. The van der Waals surface area contributed by atoms with Gasteiger partial charge in [0.05, 0.1) is 23.1 Å². The van der Waals surface area contributed by atoms with Crippen LogP contribution in [-0.2, 0) is 11.9 Å². The number of pyridine rings is 1. The third-order valence-electron chi connectivity index (χ3n) is 3.17. The first kappa shape index (κ1) is 17.5. The topological polar surface area (TPSA) is 62.7 Å². The Morgan fingerprint density at radius 2 is 2.16 bits per heavy atom. The molecule has 0 saturated carbocycles. The van der Waals surface area contributed by atoms with E-state index in [0.29, 0.717) is 22.2 Å². The molecule has 0 atom stereocenters. The molecule has 0 bridgehead atoms. The molecule has 4 nitrogen and oxygen atoms in total. The van der Waals surface area contributed by atoms with Crippen molar-refractivity contribution < 1.29 is 17.6 Å². The molecular weight excluding hydrogens is 371 g/mol. The maximum atomic E-state index is 13.1. The van der Waals surface area contributed by atoms with Gasteiger partial charge in [0.2, 0.25) is 0 Å². The van der Waals surface area contributed by atoms with Crippen LogP contribution in [0, 0.1) is 18.3 Å². The van der Waals surface area contributed by atoms with Gasteiger partial charge >= 0.3 is 6.18 Å². The number of hydrogen-bond donors (Lipinski definition) is 0. The zero-order valence-electron chi connectivity index (χ0n) is 12.8. The molecule has 0 fully saturated rings. The quantitative estimate of drug-likeness (QED) is 0.575. The van der Waals surface area contributed by atoms with Gasteiger partial charge in [0, 0.05) is 16.8 Å². The van der Waals surface area contributed by atoms with Crippen LogP contribution in [0.25, 0.3) is 10.8 Å². The van der Waals surface area contributed by atoms with Gasteiger partial charge in [-0.25, -0.2) is 9.97 Å². The molecule has 3 aromatic rings. The number of nitriles is 1. The van der Waals surface area contributed by atoms with Crippen LogP contribution in [0.1, 0.15) is 22.5 Å². The molecule has 0 aliphatic carbocycles. The minimum Gasteiger partial charge on any atom is -0.462 e. The Labute approximate surface area is 149 Å². The lowest BCUT2D eigenvalue weighted by atomic mass is 10.1. The standard InChI is InChI=1S/C16H10F3N3OS2/c1-9-5-12(16(17,18)19)11(6-20)14(21-9)24-7-10-8-25-15(22-10)13-3-2-4-23-13/h2-5,8H,7H2,1H3. The Morgan fingerprint density at radius 3 is 2.80 bits per heavy atom. The first-order valence-corrected chi connectivity index (χ1v) is 8.85. The summed E-state index contributed by atoms with van der Waals surface area (Å²) in [4.78, 5) is 8.48. The average molecular weight is 381 g/mol. The summed E-state index contributed by atoms with van der Waals surface area (Å²) in [5, 5.41) is 11.7. The van der Waals surface area contributed by atoms with Gasteiger partial charge in [-0.3, -0.25) is 0 Å². The normalized spacial score (nSPS) is 11.5. The summed E-state index contributed by atoms with van der Waals surface area (Å²) in [5.41, 5.74) is -0.519. The highest BCUT2D eigenvalue weighted by atomic mass is 32.2. The largest absolute Gasteiger partial charge is 0.462 e. The molecule has 3 rings (SSSR count). The van der Waals surface area contributed by atoms with Gasteiger partial charge in [-0.05, 0) is 25.1 Å². The Hall–Kier alpha value is -2.31. The fourth-order valence-corrected chi connectivity index (χ4v) is 3.94. The van der Waals surface area contributed by atoms with E-state index in [1.807, 2.05) is 0 Å². The molecule has 0 unspecified atom stereocenters. The Morgan fingerprint density at radius 1 is 1.36 bits per heavy atom. The van der Waals surface area contributed by atoms with Gasteiger partial charge in [-0.1, -0.05) is 11.8 Å². The zero-order valence-corrected chi connectivity index (χ0v) is 14.4. The summed E-state index contributed by atoms with van der Waals surface area (Å²) in [7, 11) is 0. The van der Waals surface area contributed by atoms with E-state index < -0.39 is 17.3 Å². The zero-order chi connectivity index (χ0) is 18.0. The van der Waals surface area contributed by atoms with Crippen LogP contribution in [0.5, 0.6) is 0 Å². The second kappa shape index (κ2) is 6.90. The van der Waals surface area contributed by atoms with Crippen molar-refractivity contribution in [2.45, 2.75) is 23.9 Å².